The maximum atomic E-state index is 14.6. The van der Waals surface area contributed by atoms with E-state index in [1.807, 2.05) is 6.07 Å². The number of rotatable bonds is 9. The van der Waals surface area contributed by atoms with Gasteiger partial charge in [-0.25, -0.2) is 23.7 Å². The minimum atomic E-state index is -0.818. The van der Waals surface area contributed by atoms with Crippen molar-refractivity contribution in [3.63, 3.8) is 0 Å². The third kappa shape index (κ3) is 12.7. The lowest BCUT2D eigenvalue weighted by molar-refractivity contribution is 0.000593. The van der Waals surface area contributed by atoms with E-state index < -0.39 is 47.0 Å². The fourth-order valence-electron chi connectivity index (χ4n) is 3.51. The molecule has 10 nitrogen and oxygen atoms in total. The molecule has 0 aliphatic heterocycles. The van der Waals surface area contributed by atoms with Gasteiger partial charge in [0.1, 0.15) is 34.4 Å². The molecule has 11 heteroatoms. The molecule has 1 rings (SSSR count). The number of carbonyl (C=O) groups excluding carboxylic acids is 3. The lowest BCUT2D eigenvalue weighted by atomic mass is 10.1. The molecule has 1 aromatic carbocycles. The van der Waals surface area contributed by atoms with E-state index in [0.29, 0.717) is 12.8 Å². The van der Waals surface area contributed by atoms with Crippen molar-refractivity contribution in [2.75, 3.05) is 13.1 Å². The fourth-order valence-corrected chi connectivity index (χ4v) is 3.51. The number of imide groups is 1. The second-order valence-electron chi connectivity index (χ2n) is 12.7. The summed E-state index contributed by atoms with van der Waals surface area (Å²) in [7, 11) is 0. The summed E-state index contributed by atoms with van der Waals surface area (Å²) in [5.74, 6) is -0.485. The van der Waals surface area contributed by atoms with E-state index in [0.717, 1.165) is 11.0 Å². The molecule has 0 unspecified atom stereocenters. The van der Waals surface area contributed by atoms with E-state index in [4.69, 9.17) is 18.9 Å². The largest absolute Gasteiger partial charge is 0.490 e. The van der Waals surface area contributed by atoms with Crippen LogP contribution in [0, 0.1) is 17.1 Å². The van der Waals surface area contributed by atoms with Crippen LogP contribution in [0.1, 0.15) is 100 Å². The summed E-state index contributed by atoms with van der Waals surface area (Å²) in [5.41, 5.74) is -2.35. The zero-order valence-corrected chi connectivity index (χ0v) is 26.3. The average Bonchev–Trinajstić information content (AvgIpc) is 2.78. The van der Waals surface area contributed by atoms with Gasteiger partial charge in [0.05, 0.1) is 18.2 Å². The minimum absolute atomic E-state index is 0.0134. The van der Waals surface area contributed by atoms with Gasteiger partial charge in [-0.05, 0) is 101 Å². The van der Waals surface area contributed by atoms with Crippen LogP contribution >= 0.6 is 0 Å². The summed E-state index contributed by atoms with van der Waals surface area (Å²) < 4.78 is 36.9. The van der Waals surface area contributed by atoms with E-state index in [1.54, 1.807) is 76.2 Å². The number of ether oxygens (including phenoxy) is 4. The third-order valence-electron chi connectivity index (χ3n) is 5.26. The number of halogens is 1. The van der Waals surface area contributed by atoms with Crippen LogP contribution in [-0.4, -0.2) is 64.1 Å². The number of carbonyl (C=O) groups is 3. The molecule has 0 bridgehead atoms. The van der Waals surface area contributed by atoms with E-state index in [2.05, 4.69) is 0 Å². The van der Waals surface area contributed by atoms with Gasteiger partial charge >= 0.3 is 18.3 Å². The summed E-state index contributed by atoms with van der Waals surface area (Å²) in [6, 6.07) is 4.43. The molecular weight excluding hydrogens is 533 g/mol. The molecule has 230 valence electrons. The van der Waals surface area contributed by atoms with Crippen LogP contribution < -0.4 is 4.74 Å². The van der Waals surface area contributed by atoms with Crippen LogP contribution in [0.25, 0.3) is 0 Å². The van der Waals surface area contributed by atoms with E-state index >= 15 is 0 Å². The van der Waals surface area contributed by atoms with E-state index in [1.165, 1.54) is 11.0 Å². The smallest absolute Gasteiger partial charge is 0.419 e. The Morgan fingerprint density at radius 1 is 0.902 bits per heavy atom. The van der Waals surface area contributed by atoms with Crippen molar-refractivity contribution in [1.29, 1.82) is 5.26 Å². The predicted octanol–water partition coefficient (Wildman–Crippen LogP) is 7.17. The van der Waals surface area contributed by atoms with Crippen LogP contribution in [0.15, 0.2) is 12.1 Å². The second-order valence-corrected chi connectivity index (χ2v) is 12.7. The fraction of sp³-hybridized carbons (Fsp3) is 0.667. The van der Waals surface area contributed by atoms with Gasteiger partial charge in [0, 0.05) is 18.7 Å². The molecule has 0 fully saturated rings. The average molecular weight is 580 g/mol. The van der Waals surface area contributed by atoms with Crippen molar-refractivity contribution in [1.82, 2.24) is 9.80 Å². The summed E-state index contributed by atoms with van der Waals surface area (Å²) in [4.78, 5) is 40.5. The Morgan fingerprint density at radius 3 is 1.83 bits per heavy atom. The monoisotopic (exact) mass is 579 g/mol. The van der Waals surface area contributed by atoms with E-state index in [-0.39, 0.29) is 36.5 Å². The lowest BCUT2D eigenvalue weighted by Crippen LogP contribution is -2.44. The van der Waals surface area contributed by atoms with Crippen molar-refractivity contribution in [2.45, 2.75) is 118 Å². The normalized spacial score (nSPS) is 12.6. The van der Waals surface area contributed by atoms with Gasteiger partial charge in [-0.2, -0.15) is 5.26 Å². The standard InChI is InChI=1S/C30H46FN3O7/c1-12-33(25(35)39-28(3,4)5)19-22-21(18-32)23(31)15-16-24(22)38-20(2)14-13-17-34(26(36)40-29(6,7)8)27(37)41-30(9,10)11/h15-16,20H,12-14,17,19H2,1-11H3/t20-/m0/s1. The van der Waals surface area contributed by atoms with E-state index in [9.17, 15) is 24.0 Å². The Bertz CT molecular complexity index is 1080. The first kappa shape index (κ1) is 35.5. The van der Waals surface area contributed by atoms with Crippen molar-refractivity contribution in [2.24, 2.45) is 0 Å². The summed E-state index contributed by atoms with van der Waals surface area (Å²) in [6.07, 6.45) is -1.95. The Morgan fingerprint density at radius 2 is 1.39 bits per heavy atom. The third-order valence-corrected chi connectivity index (χ3v) is 5.26. The number of nitrogens with zero attached hydrogens (tertiary/aromatic N) is 3. The van der Waals surface area contributed by atoms with Gasteiger partial charge in [-0.1, -0.05) is 0 Å². The highest BCUT2D eigenvalue weighted by atomic mass is 19.1. The van der Waals surface area contributed by atoms with Gasteiger partial charge in [0.15, 0.2) is 0 Å². The molecular formula is C30H46FN3O7. The summed E-state index contributed by atoms with van der Waals surface area (Å²) in [5, 5.41) is 9.66. The highest BCUT2D eigenvalue weighted by Gasteiger charge is 2.31. The Labute approximate surface area is 243 Å². The molecule has 1 aromatic rings. The molecule has 0 aromatic heterocycles. The summed E-state index contributed by atoms with van der Waals surface area (Å²) >= 11 is 0. The van der Waals surface area contributed by atoms with Crippen LogP contribution in [0.5, 0.6) is 5.75 Å². The molecule has 0 heterocycles. The van der Waals surface area contributed by atoms with Gasteiger partial charge in [0.2, 0.25) is 0 Å². The number of hydrogen-bond acceptors (Lipinski definition) is 8. The number of amides is 3. The van der Waals surface area contributed by atoms with Crippen molar-refractivity contribution >= 4 is 18.3 Å². The molecule has 3 amide bonds. The highest BCUT2D eigenvalue weighted by Crippen LogP contribution is 2.28. The Balaban J connectivity index is 3.09. The quantitative estimate of drug-likeness (QED) is 0.282. The van der Waals surface area contributed by atoms with Gasteiger partial charge < -0.3 is 23.8 Å². The van der Waals surface area contributed by atoms with Gasteiger partial charge in [-0.3, -0.25) is 0 Å². The highest BCUT2D eigenvalue weighted by molar-refractivity contribution is 5.88. The first-order valence-corrected chi connectivity index (χ1v) is 13.8. The number of hydrogen-bond donors (Lipinski definition) is 0. The molecule has 1 atom stereocenters. The van der Waals surface area contributed by atoms with Crippen LogP contribution in [-0.2, 0) is 20.8 Å². The lowest BCUT2D eigenvalue weighted by Gasteiger charge is -2.29. The first-order valence-electron chi connectivity index (χ1n) is 13.8. The summed E-state index contributed by atoms with van der Waals surface area (Å²) in [6.45, 7) is 19.1. The Hall–Kier alpha value is -3.55. The van der Waals surface area contributed by atoms with Crippen molar-refractivity contribution in [3.05, 3.63) is 29.1 Å². The zero-order chi connectivity index (χ0) is 31.8. The van der Waals surface area contributed by atoms with Crippen molar-refractivity contribution in [3.8, 4) is 11.8 Å². The predicted molar refractivity (Wildman–Crippen MR) is 152 cm³/mol. The minimum Gasteiger partial charge on any atom is -0.490 e. The van der Waals surface area contributed by atoms with Crippen LogP contribution in [0.4, 0.5) is 18.8 Å². The first-order chi connectivity index (χ1) is 18.7. The van der Waals surface area contributed by atoms with Crippen molar-refractivity contribution < 1.29 is 37.7 Å². The van der Waals surface area contributed by atoms with Gasteiger partial charge in [0.25, 0.3) is 0 Å². The van der Waals surface area contributed by atoms with Crippen LogP contribution in [0.2, 0.25) is 0 Å². The Kier molecular flexibility index (Phi) is 12.4. The SMILES string of the molecule is CCN(Cc1c(O[C@@H](C)CCCN(C(=O)OC(C)(C)C)C(=O)OC(C)(C)C)ccc(F)c1C#N)C(=O)OC(C)(C)C. The maximum absolute atomic E-state index is 14.6. The molecule has 41 heavy (non-hydrogen) atoms. The number of nitriles is 1. The van der Waals surface area contributed by atoms with Crippen LogP contribution in [0.3, 0.4) is 0 Å². The second kappa shape index (κ2) is 14.4. The molecule has 0 aliphatic rings. The molecule has 0 saturated carbocycles. The molecule has 0 aliphatic carbocycles. The zero-order valence-electron chi connectivity index (χ0n) is 26.3. The topological polar surface area (TPSA) is 118 Å². The van der Waals surface area contributed by atoms with Gasteiger partial charge in [-0.15, -0.1) is 0 Å². The maximum Gasteiger partial charge on any atom is 0.419 e. The molecule has 0 radical (unpaired) electrons. The number of benzene rings is 1. The molecule has 0 spiro atoms. The molecule has 0 saturated heterocycles. The molecule has 0 N–H and O–H groups in total.